The zero-order chi connectivity index (χ0) is 24.0. The van der Waals surface area contributed by atoms with Crippen LogP contribution in [0.2, 0.25) is 0 Å². The minimum atomic E-state index is -4.69. The van der Waals surface area contributed by atoms with E-state index in [0.717, 1.165) is 40.9 Å². The number of anilines is 1. The van der Waals surface area contributed by atoms with Crippen LogP contribution < -0.4 is 4.90 Å². The van der Waals surface area contributed by atoms with Gasteiger partial charge in [0.2, 0.25) is 0 Å². The van der Waals surface area contributed by atoms with Crippen LogP contribution in [0.4, 0.5) is 32.0 Å². The van der Waals surface area contributed by atoms with Gasteiger partial charge in [0.25, 0.3) is 5.91 Å². The van der Waals surface area contributed by atoms with Gasteiger partial charge in [-0.25, -0.2) is 0 Å². The van der Waals surface area contributed by atoms with E-state index >= 15 is 0 Å². The Balaban J connectivity index is 1.64. The van der Waals surface area contributed by atoms with Crippen LogP contribution in [0.3, 0.4) is 0 Å². The number of hydrogen-bond donors (Lipinski definition) is 0. The minimum absolute atomic E-state index is 0.0157. The molecule has 33 heavy (non-hydrogen) atoms. The lowest BCUT2D eigenvalue weighted by atomic mass is 10.1. The summed E-state index contributed by atoms with van der Waals surface area (Å²) in [5.74, 6) is -0.504. The molecule has 170 valence electrons. The molecule has 0 bridgehead atoms. The van der Waals surface area contributed by atoms with E-state index in [1.807, 2.05) is 0 Å². The predicted octanol–water partition coefficient (Wildman–Crippen LogP) is 7.39. The topological polar surface area (TPSA) is 33.5 Å². The number of amides is 1. The fraction of sp³-hybridized carbons (Fsp3) is 0.0909. The van der Waals surface area contributed by atoms with Crippen LogP contribution >= 0.6 is 24.0 Å². The number of rotatable bonds is 3. The number of carbonyl (C=O) groups excluding carboxylic acids is 1. The summed E-state index contributed by atoms with van der Waals surface area (Å²) < 4.78 is 84.4. The number of nitrogens with zero attached hydrogens (tertiary/aromatic N) is 1. The quantitative estimate of drug-likeness (QED) is 0.214. The van der Waals surface area contributed by atoms with Crippen molar-refractivity contribution in [3.63, 3.8) is 0 Å². The molecule has 1 fully saturated rings. The summed E-state index contributed by atoms with van der Waals surface area (Å²) in [6.45, 7) is 0. The summed E-state index contributed by atoms with van der Waals surface area (Å²) in [4.78, 5) is 13.7. The van der Waals surface area contributed by atoms with Gasteiger partial charge in [-0.1, -0.05) is 48.2 Å². The first-order valence-corrected chi connectivity index (χ1v) is 10.4. The molecule has 2 aromatic carbocycles. The molecule has 0 saturated carbocycles. The molecule has 2 heterocycles. The molecule has 4 rings (SSSR count). The molecule has 0 radical (unpaired) electrons. The van der Waals surface area contributed by atoms with Crippen molar-refractivity contribution in [2.75, 3.05) is 4.90 Å². The summed E-state index contributed by atoms with van der Waals surface area (Å²) in [5, 5.41) is 0. The van der Waals surface area contributed by atoms with Crippen LogP contribution in [0.5, 0.6) is 0 Å². The largest absolute Gasteiger partial charge is 0.457 e. The maximum atomic E-state index is 13.4. The monoisotopic (exact) mass is 499 g/mol. The van der Waals surface area contributed by atoms with E-state index in [4.69, 9.17) is 16.6 Å². The normalized spacial score (nSPS) is 16.2. The number of benzene rings is 2. The lowest BCUT2D eigenvalue weighted by Crippen LogP contribution is -2.29. The number of halogens is 6. The van der Waals surface area contributed by atoms with E-state index in [2.05, 4.69) is 0 Å². The number of thioether (sulfide) groups is 1. The maximum Gasteiger partial charge on any atom is 0.418 e. The Hall–Kier alpha value is -3.05. The highest BCUT2D eigenvalue weighted by Gasteiger charge is 2.40. The predicted molar refractivity (Wildman–Crippen MR) is 116 cm³/mol. The summed E-state index contributed by atoms with van der Waals surface area (Å²) in [7, 11) is 0. The molecule has 0 N–H and O–H groups in total. The summed E-state index contributed by atoms with van der Waals surface area (Å²) >= 11 is 5.92. The number of furan rings is 1. The molecular weight excluding hydrogens is 488 g/mol. The molecule has 0 unspecified atom stereocenters. The van der Waals surface area contributed by atoms with E-state index in [0.29, 0.717) is 0 Å². The molecule has 0 atom stereocenters. The Kier molecular flexibility index (Phi) is 5.87. The van der Waals surface area contributed by atoms with Gasteiger partial charge in [0.05, 0.1) is 21.7 Å². The molecule has 3 aromatic rings. The SMILES string of the molecule is O=C1C(=Cc2ccc(-c3cccc(C(F)(F)F)c3)o2)SC(=S)N1c1ccccc1C(F)(F)F. The average molecular weight is 499 g/mol. The second-order valence-corrected chi connectivity index (χ2v) is 8.49. The smallest absolute Gasteiger partial charge is 0.418 e. The Morgan fingerprint density at radius 1 is 0.909 bits per heavy atom. The minimum Gasteiger partial charge on any atom is -0.457 e. The van der Waals surface area contributed by atoms with Crippen molar-refractivity contribution < 1.29 is 35.6 Å². The first-order chi connectivity index (χ1) is 15.4. The van der Waals surface area contributed by atoms with Crippen LogP contribution in [0.25, 0.3) is 17.4 Å². The zero-order valence-corrected chi connectivity index (χ0v) is 17.8. The number of hydrogen-bond acceptors (Lipinski definition) is 4. The molecular formula is C22H11F6NO2S2. The van der Waals surface area contributed by atoms with E-state index in [1.165, 1.54) is 42.5 Å². The average Bonchev–Trinajstić information content (AvgIpc) is 3.31. The number of alkyl halides is 6. The lowest BCUT2D eigenvalue weighted by Gasteiger charge is -2.19. The van der Waals surface area contributed by atoms with Gasteiger partial charge in [-0.15, -0.1) is 0 Å². The van der Waals surface area contributed by atoms with Crippen molar-refractivity contribution in [1.82, 2.24) is 0 Å². The fourth-order valence-corrected chi connectivity index (χ4v) is 4.41. The third-order valence-corrected chi connectivity index (χ3v) is 5.92. The van der Waals surface area contributed by atoms with Gasteiger partial charge in [-0.05, 0) is 36.4 Å². The zero-order valence-electron chi connectivity index (χ0n) is 16.2. The van der Waals surface area contributed by atoms with Crippen molar-refractivity contribution in [2.45, 2.75) is 12.4 Å². The number of carbonyl (C=O) groups is 1. The van der Waals surface area contributed by atoms with Crippen molar-refractivity contribution >= 4 is 46.0 Å². The van der Waals surface area contributed by atoms with E-state index in [-0.39, 0.29) is 32.0 Å². The van der Waals surface area contributed by atoms with Gasteiger partial charge in [0.1, 0.15) is 11.5 Å². The summed E-state index contributed by atoms with van der Waals surface area (Å²) in [6.07, 6.45) is -7.93. The molecule has 1 saturated heterocycles. The molecule has 11 heteroatoms. The molecule has 1 aromatic heterocycles. The van der Waals surface area contributed by atoms with Crippen LogP contribution in [-0.2, 0) is 17.1 Å². The van der Waals surface area contributed by atoms with Crippen LogP contribution in [0.15, 0.2) is 70.0 Å². The summed E-state index contributed by atoms with van der Waals surface area (Å²) in [5.41, 5.74) is -2.06. The number of para-hydroxylation sites is 1. The van der Waals surface area contributed by atoms with E-state index < -0.39 is 29.4 Å². The Labute approximate surface area is 192 Å². The molecule has 0 spiro atoms. The molecule has 1 aliphatic heterocycles. The number of thiocarbonyl (C=S) groups is 1. The maximum absolute atomic E-state index is 13.4. The van der Waals surface area contributed by atoms with Gasteiger partial charge in [-0.3, -0.25) is 9.69 Å². The van der Waals surface area contributed by atoms with Crippen molar-refractivity contribution in [3.05, 3.63) is 82.5 Å². The highest BCUT2D eigenvalue weighted by molar-refractivity contribution is 8.27. The second kappa shape index (κ2) is 8.38. The highest BCUT2D eigenvalue weighted by atomic mass is 32.2. The Morgan fingerprint density at radius 3 is 2.33 bits per heavy atom. The van der Waals surface area contributed by atoms with E-state index in [9.17, 15) is 31.1 Å². The van der Waals surface area contributed by atoms with Gasteiger partial charge < -0.3 is 4.42 Å². The molecule has 1 amide bonds. The standard InChI is InChI=1S/C22H11F6NO2S2/c23-21(24,25)13-5-3-4-12(10-13)17-9-8-14(31-17)11-18-19(30)29(20(32)33-18)16-7-2-1-6-15(16)22(26,27)28/h1-11H. The third kappa shape index (κ3) is 4.69. The summed E-state index contributed by atoms with van der Waals surface area (Å²) in [6, 6.07) is 12.0. The van der Waals surface area contributed by atoms with Crippen LogP contribution in [0.1, 0.15) is 16.9 Å². The Morgan fingerprint density at radius 2 is 1.64 bits per heavy atom. The Bertz CT molecular complexity index is 1280. The first kappa shape index (κ1) is 23.1. The van der Waals surface area contributed by atoms with Gasteiger partial charge in [-0.2, -0.15) is 26.3 Å². The molecule has 3 nitrogen and oxygen atoms in total. The highest BCUT2D eigenvalue weighted by Crippen LogP contribution is 2.42. The molecule has 1 aliphatic rings. The van der Waals surface area contributed by atoms with Crippen LogP contribution in [-0.4, -0.2) is 10.2 Å². The fourth-order valence-electron chi connectivity index (χ4n) is 3.15. The van der Waals surface area contributed by atoms with Gasteiger partial charge in [0.15, 0.2) is 4.32 Å². The molecule has 0 aliphatic carbocycles. The van der Waals surface area contributed by atoms with Gasteiger partial charge in [0, 0.05) is 11.6 Å². The van der Waals surface area contributed by atoms with Crippen molar-refractivity contribution in [3.8, 4) is 11.3 Å². The van der Waals surface area contributed by atoms with Crippen molar-refractivity contribution in [1.29, 1.82) is 0 Å². The second-order valence-electron chi connectivity index (χ2n) is 6.81. The first-order valence-electron chi connectivity index (χ1n) is 9.17. The third-order valence-electron chi connectivity index (χ3n) is 4.62. The van der Waals surface area contributed by atoms with E-state index in [1.54, 1.807) is 0 Å². The van der Waals surface area contributed by atoms with Crippen LogP contribution in [0, 0.1) is 0 Å². The van der Waals surface area contributed by atoms with Crippen molar-refractivity contribution in [2.24, 2.45) is 0 Å². The van der Waals surface area contributed by atoms with Gasteiger partial charge >= 0.3 is 12.4 Å². The lowest BCUT2D eigenvalue weighted by molar-refractivity contribution is -0.138.